The first-order chi connectivity index (χ1) is 7.95. The van der Waals surface area contributed by atoms with E-state index in [1.807, 2.05) is 13.8 Å². The van der Waals surface area contributed by atoms with Crippen LogP contribution in [0, 0.1) is 0 Å². The van der Waals surface area contributed by atoms with Gasteiger partial charge in [0, 0.05) is 0 Å². The Hall–Kier alpha value is -1.92. The molecule has 0 spiro atoms. The smallest absolute Gasteiger partial charge is 0.282 e. The maximum atomic E-state index is 11.6. The Morgan fingerprint density at radius 3 is 2.82 bits per heavy atom. The summed E-state index contributed by atoms with van der Waals surface area (Å²) in [7, 11) is 0. The number of H-pyrrole nitrogens is 1. The van der Waals surface area contributed by atoms with Gasteiger partial charge in [-0.25, -0.2) is 4.68 Å². The predicted molar refractivity (Wildman–Crippen MR) is 64.6 cm³/mol. The van der Waals surface area contributed by atoms with Gasteiger partial charge >= 0.3 is 0 Å². The highest BCUT2D eigenvalue weighted by atomic mass is 16.1. The summed E-state index contributed by atoms with van der Waals surface area (Å²) < 4.78 is 1.66. The average Bonchev–Trinajstić information content (AvgIpc) is 2.61. The lowest BCUT2D eigenvalue weighted by atomic mass is 9.99. The Balaban J connectivity index is 2.68. The van der Waals surface area contributed by atoms with Crippen LogP contribution in [0.2, 0.25) is 0 Å². The second-order valence-electron chi connectivity index (χ2n) is 4.69. The van der Waals surface area contributed by atoms with Gasteiger partial charge in [-0.1, -0.05) is 18.6 Å². The number of aromatic amines is 1. The van der Waals surface area contributed by atoms with E-state index in [9.17, 15) is 4.79 Å². The van der Waals surface area contributed by atoms with Gasteiger partial charge in [0.2, 0.25) is 5.95 Å². The Morgan fingerprint density at radius 2 is 2.18 bits per heavy atom. The molecule has 0 radical (unpaired) electrons. The minimum Gasteiger partial charge on any atom is -0.369 e. The summed E-state index contributed by atoms with van der Waals surface area (Å²) >= 11 is 0. The van der Waals surface area contributed by atoms with Gasteiger partial charge in [0.05, 0.1) is 5.54 Å². The van der Waals surface area contributed by atoms with E-state index in [0.29, 0.717) is 5.65 Å². The molecule has 7 nitrogen and oxygen atoms in total. The quantitative estimate of drug-likeness (QED) is 0.813. The first-order valence-electron chi connectivity index (χ1n) is 5.57. The van der Waals surface area contributed by atoms with E-state index in [1.54, 1.807) is 4.68 Å². The fraction of sp³-hybridized carbons (Fsp3) is 0.600. The maximum absolute atomic E-state index is 11.6. The summed E-state index contributed by atoms with van der Waals surface area (Å²) in [5.41, 5.74) is 5.60. The summed E-state index contributed by atoms with van der Waals surface area (Å²) in [5, 5.41) is 7.88. The fourth-order valence-electron chi connectivity index (χ4n) is 1.97. The molecule has 0 fully saturated rings. The highest BCUT2D eigenvalue weighted by Gasteiger charge is 2.24. The predicted octanol–water partition coefficient (Wildman–Crippen LogP) is 0.632. The van der Waals surface area contributed by atoms with Crippen LogP contribution in [-0.2, 0) is 5.54 Å². The van der Waals surface area contributed by atoms with E-state index in [4.69, 9.17) is 5.73 Å². The number of hydrogen-bond donors (Lipinski definition) is 2. The van der Waals surface area contributed by atoms with Crippen LogP contribution in [0.4, 0.5) is 5.95 Å². The van der Waals surface area contributed by atoms with Crippen molar-refractivity contribution in [3.8, 4) is 0 Å². The topological polar surface area (TPSA) is 102 Å². The zero-order valence-corrected chi connectivity index (χ0v) is 10.2. The Kier molecular flexibility index (Phi) is 2.60. The first kappa shape index (κ1) is 11.6. The van der Waals surface area contributed by atoms with Crippen molar-refractivity contribution in [3.63, 3.8) is 0 Å². The van der Waals surface area contributed by atoms with Crippen molar-refractivity contribution in [2.45, 2.75) is 39.2 Å². The van der Waals surface area contributed by atoms with E-state index < -0.39 is 0 Å². The van der Waals surface area contributed by atoms with Gasteiger partial charge < -0.3 is 5.73 Å². The Morgan fingerprint density at radius 1 is 1.47 bits per heavy atom. The molecule has 2 aromatic rings. The second-order valence-corrected chi connectivity index (χ2v) is 4.69. The maximum Gasteiger partial charge on any atom is 0.282 e. The summed E-state index contributed by atoms with van der Waals surface area (Å²) in [5.74, 6) is 0.0818. The van der Waals surface area contributed by atoms with E-state index in [1.165, 1.54) is 0 Å². The van der Waals surface area contributed by atoms with Gasteiger partial charge in [-0.2, -0.15) is 4.98 Å². The molecular weight excluding hydrogens is 220 g/mol. The number of nitrogens with zero attached hydrogens (tertiary/aromatic N) is 4. The van der Waals surface area contributed by atoms with Gasteiger partial charge in [-0.15, -0.1) is 5.10 Å². The van der Waals surface area contributed by atoms with Crippen molar-refractivity contribution in [2.24, 2.45) is 0 Å². The molecule has 0 saturated heterocycles. The molecule has 0 amide bonds. The van der Waals surface area contributed by atoms with Gasteiger partial charge in [0.15, 0.2) is 11.2 Å². The van der Waals surface area contributed by atoms with Crippen molar-refractivity contribution in [2.75, 3.05) is 5.73 Å². The van der Waals surface area contributed by atoms with Crippen LogP contribution in [0.15, 0.2) is 4.79 Å². The summed E-state index contributed by atoms with van der Waals surface area (Å²) in [6.07, 6.45) is 1.92. The van der Waals surface area contributed by atoms with Crippen LogP contribution in [0.1, 0.15) is 33.6 Å². The molecule has 0 aliphatic heterocycles. The SMILES string of the molecule is CCCC(C)(C)n1nnc2c(=O)[nH]c(N)nc21. The van der Waals surface area contributed by atoms with Crippen LogP contribution >= 0.6 is 0 Å². The molecule has 2 heterocycles. The number of rotatable bonds is 3. The van der Waals surface area contributed by atoms with Crippen LogP contribution in [0.25, 0.3) is 11.2 Å². The van der Waals surface area contributed by atoms with Crippen LogP contribution < -0.4 is 11.3 Å². The summed E-state index contributed by atoms with van der Waals surface area (Å²) in [6.45, 7) is 6.16. The van der Waals surface area contributed by atoms with Gasteiger partial charge in [0.25, 0.3) is 5.56 Å². The molecule has 0 unspecified atom stereocenters. The van der Waals surface area contributed by atoms with E-state index in [2.05, 4.69) is 27.2 Å². The zero-order valence-electron chi connectivity index (χ0n) is 10.2. The number of aromatic nitrogens is 5. The van der Waals surface area contributed by atoms with Crippen molar-refractivity contribution >= 4 is 17.1 Å². The van der Waals surface area contributed by atoms with Crippen molar-refractivity contribution in [3.05, 3.63) is 10.4 Å². The lowest BCUT2D eigenvalue weighted by molar-refractivity contribution is 0.294. The number of nitrogens with two attached hydrogens (primary N) is 1. The Labute approximate surface area is 98.0 Å². The molecule has 2 rings (SSSR count). The minimum absolute atomic E-state index is 0.0818. The number of anilines is 1. The molecule has 17 heavy (non-hydrogen) atoms. The van der Waals surface area contributed by atoms with Gasteiger partial charge in [0.1, 0.15) is 0 Å². The third kappa shape index (κ3) is 1.88. The van der Waals surface area contributed by atoms with Crippen LogP contribution in [-0.4, -0.2) is 25.0 Å². The standard InChI is InChI=1S/C10H16N6O/c1-4-5-10(2,3)16-7-6(14-15-16)8(17)13-9(11)12-7/h4-5H2,1-3H3,(H3,11,12,13,17). The summed E-state index contributed by atoms with van der Waals surface area (Å²) in [6, 6.07) is 0. The van der Waals surface area contributed by atoms with E-state index >= 15 is 0 Å². The van der Waals surface area contributed by atoms with Crippen molar-refractivity contribution in [1.29, 1.82) is 0 Å². The molecule has 0 bridgehead atoms. The second kappa shape index (κ2) is 3.83. The first-order valence-corrected chi connectivity index (χ1v) is 5.57. The van der Waals surface area contributed by atoms with Crippen LogP contribution in [0.5, 0.6) is 0 Å². The highest BCUT2D eigenvalue weighted by Crippen LogP contribution is 2.23. The molecule has 92 valence electrons. The fourth-order valence-corrected chi connectivity index (χ4v) is 1.97. The van der Waals surface area contributed by atoms with E-state index in [0.717, 1.165) is 12.8 Å². The van der Waals surface area contributed by atoms with E-state index in [-0.39, 0.29) is 22.6 Å². The van der Waals surface area contributed by atoms with Gasteiger partial charge in [-0.05, 0) is 20.3 Å². The molecule has 0 saturated carbocycles. The monoisotopic (exact) mass is 236 g/mol. The van der Waals surface area contributed by atoms with Crippen molar-refractivity contribution in [1.82, 2.24) is 25.0 Å². The zero-order chi connectivity index (χ0) is 12.6. The number of hydrogen-bond acceptors (Lipinski definition) is 5. The summed E-state index contributed by atoms with van der Waals surface area (Å²) in [4.78, 5) is 18.1. The molecule has 7 heteroatoms. The van der Waals surface area contributed by atoms with Crippen LogP contribution in [0.3, 0.4) is 0 Å². The molecule has 3 N–H and O–H groups in total. The van der Waals surface area contributed by atoms with Gasteiger partial charge in [-0.3, -0.25) is 9.78 Å². The molecule has 0 aliphatic carbocycles. The minimum atomic E-state index is -0.356. The normalized spacial score (nSPS) is 12.2. The molecule has 2 aromatic heterocycles. The largest absolute Gasteiger partial charge is 0.369 e. The number of nitrogens with one attached hydrogen (secondary N) is 1. The molecular formula is C10H16N6O. The lowest BCUT2D eigenvalue weighted by Crippen LogP contribution is -2.28. The highest BCUT2D eigenvalue weighted by molar-refractivity contribution is 5.69. The lowest BCUT2D eigenvalue weighted by Gasteiger charge is -2.24. The third-order valence-corrected chi connectivity index (χ3v) is 2.76. The molecule has 0 atom stereocenters. The average molecular weight is 236 g/mol. The Bertz CT molecular complexity index is 596. The number of nitrogen functional groups attached to an aromatic ring is 1. The molecule has 0 aromatic carbocycles. The number of fused-ring (bicyclic) bond motifs is 1. The van der Waals surface area contributed by atoms with Crippen molar-refractivity contribution < 1.29 is 0 Å². The molecule has 0 aliphatic rings. The third-order valence-electron chi connectivity index (χ3n) is 2.76.